The van der Waals surface area contributed by atoms with Crippen LogP contribution in [0.5, 0.6) is 11.5 Å². The molecule has 9 heteroatoms. The van der Waals surface area contributed by atoms with Crippen molar-refractivity contribution in [2.45, 2.75) is 13.3 Å². The Labute approximate surface area is 211 Å². The fourth-order valence-electron chi connectivity index (χ4n) is 4.36. The molecule has 1 aliphatic rings. The smallest absolute Gasteiger partial charge is 0.223 e. The van der Waals surface area contributed by atoms with E-state index in [0.717, 1.165) is 11.1 Å². The summed E-state index contributed by atoms with van der Waals surface area (Å²) in [6, 6.07) is 10.2. The second-order valence-corrected chi connectivity index (χ2v) is 8.89. The molecule has 0 N–H and O–H groups in total. The highest BCUT2D eigenvalue weighted by molar-refractivity contribution is 6.41. The fraction of sp³-hybridized carbons (Fsp3) is 0.192. The Morgan fingerprint density at radius 2 is 1.77 bits per heavy atom. The molecule has 178 valence electrons. The molecule has 0 saturated carbocycles. The lowest BCUT2D eigenvalue weighted by atomic mass is 10.0. The molecule has 2 heterocycles. The van der Waals surface area contributed by atoms with Crippen molar-refractivity contribution < 1.29 is 18.7 Å². The minimum absolute atomic E-state index is 0.0836. The van der Waals surface area contributed by atoms with Gasteiger partial charge in [-0.15, -0.1) is 0 Å². The number of anilines is 1. The maximum Gasteiger partial charge on any atom is 0.223 e. The molecule has 1 aromatic heterocycles. The maximum atomic E-state index is 14.9. The molecule has 0 radical (unpaired) electrons. The summed E-state index contributed by atoms with van der Waals surface area (Å²) in [5, 5.41) is 1.42. The highest BCUT2D eigenvalue weighted by atomic mass is 35.5. The molecule has 1 amide bonds. The van der Waals surface area contributed by atoms with E-state index in [1.807, 2.05) is 12.1 Å². The predicted molar refractivity (Wildman–Crippen MR) is 135 cm³/mol. The van der Waals surface area contributed by atoms with E-state index >= 15 is 0 Å². The number of aromatic nitrogens is 2. The number of benzene rings is 3. The minimum Gasteiger partial charge on any atom is -0.495 e. The van der Waals surface area contributed by atoms with Crippen molar-refractivity contribution in [3.63, 3.8) is 0 Å². The Bertz CT molecular complexity index is 1480. The van der Waals surface area contributed by atoms with Gasteiger partial charge in [-0.3, -0.25) is 4.79 Å². The van der Waals surface area contributed by atoms with Crippen molar-refractivity contribution in [2.24, 2.45) is 0 Å². The Morgan fingerprint density at radius 3 is 2.43 bits per heavy atom. The topological polar surface area (TPSA) is 64.6 Å². The molecule has 0 saturated heterocycles. The summed E-state index contributed by atoms with van der Waals surface area (Å²) in [5.74, 6) is 0.592. The molecule has 0 spiro atoms. The van der Waals surface area contributed by atoms with Gasteiger partial charge in [-0.1, -0.05) is 29.3 Å². The second-order valence-electron chi connectivity index (χ2n) is 8.13. The largest absolute Gasteiger partial charge is 0.495 e. The van der Waals surface area contributed by atoms with E-state index in [1.54, 1.807) is 29.3 Å². The van der Waals surface area contributed by atoms with Crippen LogP contribution in [-0.2, 0) is 11.2 Å². The van der Waals surface area contributed by atoms with Gasteiger partial charge in [-0.05, 0) is 41.8 Å². The van der Waals surface area contributed by atoms with Gasteiger partial charge in [0.1, 0.15) is 17.3 Å². The van der Waals surface area contributed by atoms with Crippen LogP contribution in [0.1, 0.15) is 12.5 Å². The highest BCUT2D eigenvalue weighted by Gasteiger charge is 2.25. The van der Waals surface area contributed by atoms with Crippen molar-refractivity contribution >= 4 is 45.7 Å². The number of ether oxygens (including phenoxy) is 2. The first-order chi connectivity index (χ1) is 16.8. The van der Waals surface area contributed by atoms with Gasteiger partial charge in [0.2, 0.25) is 5.91 Å². The number of rotatable bonds is 4. The number of hydrogen-bond donors (Lipinski definition) is 0. The van der Waals surface area contributed by atoms with Crippen molar-refractivity contribution in [2.75, 3.05) is 25.7 Å². The summed E-state index contributed by atoms with van der Waals surface area (Å²) in [7, 11) is 3.03. The zero-order valence-electron chi connectivity index (χ0n) is 19.2. The molecule has 0 atom stereocenters. The average molecular weight is 512 g/mol. The Balaban J connectivity index is 1.59. The Morgan fingerprint density at radius 1 is 1.06 bits per heavy atom. The fourth-order valence-corrected chi connectivity index (χ4v) is 5.08. The SMILES string of the molecule is COc1cc(OC)c(Cl)c(-c2ccc3nc(-c4cc5c(cc4F)CCN5C(C)=O)ncc3c2)c1Cl. The summed E-state index contributed by atoms with van der Waals surface area (Å²) >= 11 is 13.1. The first-order valence-electron chi connectivity index (χ1n) is 10.8. The van der Waals surface area contributed by atoms with Crippen molar-refractivity contribution in [3.8, 4) is 34.0 Å². The molecule has 0 fully saturated rings. The molecule has 3 aromatic carbocycles. The molecule has 1 aliphatic heterocycles. The molecular weight excluding hydrogens is 492 g/mol. The van der Waals surface area contributed by atoms with E-state index in [4.69, 9.17) is 32.7 Å². The number of carbonyl (C=O) groups excluding carboxylic acids is 1. The van der Waals surface area contributed by atoms with Crippen LogP contribution in [0.25, 0.3) is 33.4 Å². The summed E-state index contributed by atoms with van der Waals surface area (Å²) in [6.07, 6.45) is 2.24. The van der Waals surface area contributed by atoms with Gasteiger partial charge in [0.15, 0.2) is 5.82 Å². The third kappa shape index (κ3) is 3.94. The van der Waals surface area contributed by atoms with E-state index in [0.29, 0.717) is 56.7 Å². The lowest BCUT2D eigenvalue weighted by Crippen LogP contribution is -2.25. The number of methoxy groups -OCH3 is 2. The van der Waals surface area contributed by atoms with Crippen LogP contribution in [0.4, 0.5) is 10.1 Å². The quantitative estimate of drug-likeness (QED) is 0.320. The maximum absolute atomic E-state index is 14.9. The zero-order valence-corrected chi connectivity index (χ0v) is 20.7. The van der Waals surface area contributed by atoms with Crippen molar-refractivity contribution in [1.29, 1.82) is 0 Å². The summed E-state index contributed by atoms with van der Waals surface area (Å²) in [4.78, 5) is 22.6. The van der Waals surface area contributed by atoms with Gasteiger partial charge in [0, 0.05) is 42.4 Å². The van der Waals surface area contributed by atoms with Gasteiger partial charge in [-0.2, -0.15) is 0 Å². The monoisotopic (exact) mass is 511 g/mol. The minimum atomic E-state index is -0.424. The summed E-state index contributed by atoms with van der Waals surface area (Å²) in [6.45, 7) is 2.04. The van der Waals surface area contributed by atoms with Crippen LogP contribution in [0, 0.1) is 5.82 Å². The number of nitrogens with zero attached hydrogens (tertiary/aromatic N) is 3. The average Bonchev–Trinajstić information content (AvgIpc) is 3.26. The van der Waals surface area contributed by atoms with E-state index in [9.17, 15) is 9.18 Å². The summed E-state index contributed by atoms with van der Waals surface area (Å²) in [5.41, 5.74) is 3.64. The number of hydrogen-bond acceptors (Lipinski definition) is 5. The lowest BCUT2D eigenvalue weighted by Gasteiger charge is -2.16. The van der Waals surface area contributed by atoms with E-state index in [-0.39, 0.29) is 17.3 Å². The molecule has 0 unspecified atom stereocenters. The number of amides is 1. The van der Waals surface area contributed by atoms with Gasteiger partial charge in [0.05, 0.1) is 35.3 Å². The summed E-state index contributed by atoms with van der Waals surface area (Å²) < 4.78 is 25.7. The Hall–Kier alpha value is -3.42. The Kier molecular flexibility index (Phi) is 5.99. The van der Waals surface area contributed by atoms with E-state index in [1.165, 1.54) is 27.2 Å². The van der Waals surface area contributed by atoms with Crippen LogP contribution in [-0.4, -0.2) is 36.6 Å². The predicted octanol–water partition coefficient (Wildman–Crippen LogP) is 6.34. The first kappa shape index (κ1) is 23.3. The van der Waals surface area contributed by atoms with Crippen LogP contribution in [0.3, 0.4) is 0 Å². The number of fused-ring (bicyclic) bond motifs is 2. The third-order valence-corrected chi connectivity index (χ3v) is 6.88. The van der Waals surface area contributed by atoms with Crippen molar-refractivity contribution in [3.05, 3.63) is 64.0 Å². The first-order valence-corrected chi connectivity index (χ1v) is 11.6. The second kappa shape index (κ2) is 8.98. The highest BCUT2D eigenvalue weighted by Crippen LogP contribution is 2.46. The normalized spacial score (nSPS) is 12.7. The van der Waals surface area contributed by atoms with E-state index < -0.39 is 5.82 Å². The van der Waals surface area contributed by atoms with Gasteiger partial charge >= 0.3 is 0 Å². The zero-order chi connectivity index (χ0) is 24.9. The van der Waals surface area contributed by atoms with Crippen LogP contribution in [0.15, 0.2) is 42.6 Å². The number of halogens is 3. The lowest BCUT2D eigenvalue weighted by molar-refractivity contribution is -0.116. The molecule has 6 nitrogen and oxygen atoms in total. The molecular formula is C26H20Cl2FN3O3. The van der Waals surface area contributed by atoms with Gasteiger partial charge < -0.3 is 14.4 Å². The van der Waals surface area contributed by atoms with Crippen LogP contribution >= 0.6 is 23.2 Å². The molecule has 0 bridgehead atoms. The van der Waals surface area contributed by atoms with Crippen molar-refractivity contribution in [1.82, 2.24) is 9.97 Å². The number of carbonyl (C=O) groups is 1. The molecule has 0 aliphatic carbocycles. The third-order valence-electron chi connectivity index (χ3n) is 6.13. The van der Waals surface area contributed by atoms with Gasteiger partial charge in [-0.25, -0.2) is 14.4 Å². The standard InChI is InChI=1S/C26H20Cl2FN3O3/c1-13(33)32-7-6-14-9-18(29)17(10-20(14)32)26-30-12-16-8-15(4-5-19(16)31-26)23-24(27)21(34-2)11-22(35-3)25(23)28/h4-5,8-12H,6-7H2,1-3H3. The van der Waals surface area contributed by atoms with Crippen LogP contribution in [0.2, 0.25) is 10.0 Å². The van der Waals surface area contributed by atoms with Gasteiger partial charge in [0.25, 0.3) is 0 Å². The molecule has 35 heavy (non-hydrogen) atoms. The van der Waals surface area contributed by atoms with E-state index in [2.05, 4.69) is 9.97 Å². The molecule has 5 rings (SSSR count). The molecule has 4 aromatic rings. The van der Waals surface area contributed by atoms with Crippen LogP contribution < -0.4 is 14.4 Å².